The molecule has 0 aliphatic carbocycles. The highest BCUT2D eigenvalue weighted by atomic mass is 35.5. The second-order valence-electron chi connectivity index (χ2n) is 11.8. The van der Waals surface area contributed by atoms with Crippen LogP contribution in [0.1, 0.15) is 118 Å². The van der Waals surface area contributed by atoms with E-state index in [0.29, 0.717) is 19.3 Å². The van der Waals surface area contributed by atoms with E-state index in [1.165, 1.54) is 38.7 Å². The fourth-order valence-electron chi connectivity index (χ4n) is 5.06. The SMILES string of the molecule is CCCCCCCCCCC(C(=O)C(C)(C)C)C(Cl)(CCC(C)OC)c1cccc(NC(C)=O)c1S(N)(=O)=O. The molecular formula is C30H51ClN2O5S. The van der Waals surface area contributed by atoms with Crippen molar-refractivity contribution in [3.8, 4) is 0 Å². The molecule has 3 unspecified atom stereocenters. The summed E-state index contributed by atoms with van der Waals surface area (Å²) in [6, 6.07) is 4.74. The van der Waals surface area contributed by atoms with Gasteiger partial charge in [-0.3, -0.25) is 9.59 Å². The number of carbonyl (C=O) groups is 2. The van der Waals surface area contributed by atoms with Gasteiger partial charge in [0.25, 0.3) is 0 Å². The second kappa shape index (κ2) is 16.1. The number of amides is 1. The van der Waals surface area contributed by atoms with Crippen molar-refractivity contribution in [2.75, 3.05) is 12.4 Å². The molecule has 0 heterocycles. The van der Waals surface area contributed by atoms with Crippen LogP contribution >= 0.6 is 11.6 Å². The first-order valence-electron chi connectivity index (χ1n) is 14.3. The van der Waals surface area contributed by atoms with Crippen LogP contribution in [-0.2, 0) is 29.2 Å². The van der Waals surface area contributed by atoms with Crippen molar-refractivity contribution in [3.63, 3.8) is 0 Å². The number of anilines is 1. The van der Waals surface area contributed by atoms with E-state index < -0.39 is 32.1 Å². The lowest BCUT2D eigenvalue weighted by atomic mass is 9.70. The lowest BCUT2D eigenvalue weighted by Gasteiger charge is -2.40. The number of carbonyl (C=O) groups excluding carboxylic acids is 2. The number of benzene rings is 1. The largest absolute Gasteiger partial charge is 0.382 e. The molecular weight excluding hydrogens is 536 g/mol. The Morgan fingerprint density at radius 2 is 1.59 bits per heavy atom. The van der Waals surface area contributed by atoms with Crippen LogP contribution in [0.25, 0.3) is 0 Å². The van der Waals surface area contributed by atoms with Crippen molar-refractivity contribution in [3.05, 3.63) is 23.8 Å². The molecule has 0 spiro atoms. The quantitative estimate of drug-likeness (QED) is 0.138. The molecule has 3 N–H and O–H groups in total. The molecule has 0 saturated carbocycles. The van der Waals surface area contributed by atoms with E-state index in [2.05, 4.69) is 12.2 Å². The number of nitrogens with one attached hydrogen (secondary N) is 1. The molecule has 224 valence electrons. The summed E-state index contributed by atoms with van der Waals surface area (Å²) in [5, 5.41) is 8.30. The third-order valence-corrected chi connectivity index (χ3v) is 8.99. The Morgan fingerprint density at radius 1 is 1.03 bits per heavy atom. The zero-order valence-corrected chi connectivity index (χ0v) is 26.6. The first-order valence-corrected chi connectivity index (χ1v) is 16.2. The van der Waals surface area contributed by atoms with E-state index in [-0.39, 0.29) is 28.0 Å². The number of methoxy groups -OCH3 is 1. The van der Waals surface area contributed by atoms with Gasteiger partial charge in [-0.2, -0.15) is 0 Å². The number of alkyl halides is 1. The van der Waals surface area contributed by atoms with Crippen LogP contribution in [-0.4, -0.2) is 33.3 Å². The average molecular weight is 587 g/mol. The van der Waals surface area contributed by atoms with Crippen LogP contribution in [0.5, 0.6) is 0 Å². The molecule has 0 aromatic heterocycles. The molecule has 0 fully saturated rings. The van der Waals surface area contributed by atoms with Gasteiger partial charge >= 0.3 is 0 Å². The standard InChI is InChI=1S/C30H51ClN2O5S/c1-8-9-10-11-12-13-14-15-17-25(28(35)29(4,5)6)30(31,21-20-22(2)38-7)24-18-16-19-26(33-23(3)34)27(24)39(32,36)37/h16,18-19,22,25H,8-15,17,20-21H2,1-7H3,(H,33,34)(H2,32,36,37). The molecule has 1 aromatic carbocycles. The van der Waals surface area contributed by atoms with Crippen LogP contribution in [0, 0.1) is 11.3 Å². The molecule has 0 aliphatic rings. The number of Topliss-reactive ketones (excluding diaryl/α,β-unsaturated/α-hetero) is 1. The fraction of sp³-hybridized carbons (Fsp3) is 0.733. The van der Waals surface area contributed by atoms with Crippen LogP contribution in [0.2, 0.25) is 0 Å². The maximum Gasteiger partial charge on any atom is 0.240 e. The maximum atomic E-state index is 14.0. The molecule has 1 aromatic rings. The van der Waals surface area contributed by atoms with E-state index in [4.69, 9.17) is 21.5 Å². The number of rotatable bonds is 18. The zero-order valence-electron chi connectivity index (χ0n) is 25.1. The van der Waals surface area contributed by atoms with Crippen LogP contribution in [0.4, 0.5) is 5.69 Å². The van der Waals surface area contributed by atoms with E-state index >= 15 is 0 Å². The van der Waals surface area contributed by atoms with Crippen molar-refractivity contribution in [1.82, 2.24) is 0 Å². The second-order valence-corrected chi connectivity index (χ2v) is 14.0. The first kappa shape index (κ1) is 35.5. The highest BCUT2D eigenvalue weighted by Crippen LogP contribution is 2.49. The van der Waals surface area contributed by atoms with Gasteiger partial charge in [0.15, 0.2) is 0 Å². The number of halogens is 1. The van der Waals surface area contributed by atoms with Crippen molar-refractivity contribution in [1.29, 1.82) is 0 Å². The molecule has 3 atom stereocenters. The van der Waals surface area contributed by atoms with Gasteiger partial charge in [0.2, 0.25) is 15.9 Å². The fourth-order valence-corrected chi connectivity index (χ4v) is 6.57. The Bertz CT molecular complexity index is 1040. The highest BCUT2D eigenvalue weighted by molar-refractivity contribution is 7.89. The predicted octanol–water partition coefficient (Wildman–Crippen LogP) is 7.30. The van der Waals surface area contributed by atoms with Gasteiger partial charge in [-0.05, 0) is 37.8 Å². The van der Waals surface area contributed by atoms with Crippen LogP contribution in [0.3, 0.4) is 0 Å². The summed E-state index contributed by atoms with van der Waals surface area (Å²) in [6.45, 7) is 11.0. The minimum atomic E-state index is -4.31. The van der Waals surface area contributed by atoms with E-state index in [0.717, 1.165) is 25.7 Å². The van der Waals surface area contributed by atoms with E-state index in [1.807, 2.05) is 27.7 Å². The molecule has 0 radical (unpaired) electrons. The molecule has 0 saturated heterocycles. The maximum absolute atomic E-state index is 14.0. The molecule has 1 rings (SSSR count). The lowest BCUT2D eigenvalue weighted by Crippen LogP contribution is -2.42. The van der Waals surface area contributed by atoms with Crippen molar-refractivity contribution in [2.24, 2.45) is 16.5 Å². The number of hydrogen-bond acceptors (Lipinski definition) is 5. The van der Waals surface area contributed by atoms with Crippen molar-refractivity contribution < 1.29 is 22.7 Å². The summed E-state index contributed by atoms with van der Waals surface area (Å²) >= 11 is 7.54. The first-order chi connectivity index (χ1) is 18.1. The molecule has 39 heavy (non-hydrogen) atoms. The Balaban J connectivity index is 3.61. The van der Waals surface area contributed by atoms with Gasteiger partial charge in [-0.25, -0.2) is 13.6 Å². The summed E-state index contributed by atoms with van der Waals surface area (Å²) < 4.78 is 31.4. The van der Waals surface area contributed by atoms with Gasteiger partial charge in [0.1, 0.15) is 10.7 Å². The number of unbranched alkanes of at least 4 members (excludes halogenated alkanes) is 7. The zero-order chi connectivity index (χ0) is 29.9. The number of nitrogens with two attached hydrogens (primary N) is 1. The van der Waals surface area contributed by atoms with Crippen molar-refractivity contribution >= 4 is 39.0 Å². The molecule has 0 bridgehead atoms. The lowest BCUT2D eigenvalue weighted by molar-refractivity contribution is -0.132. The van der Waals surface area contributed by atoms with Gasteiger partial charge < -0.3 is 10.1 Å². The van der Waals surface area contributed by atoms with Gasteiger partial charge in [-0.1, -0.05) is 91.2 Å². The van der Waals surface area contributed by atoms with Crippen LogP contribution in [0.15, 0.2) is 23.1 Å². The van der Waals surface area contributed by atoms with Gasteiger partial charge in [0.05, 0.1) is 16.7 Å². The average Bonchev–Trinajstić information content (AvgIpc) is 2.84. The normalized spacial score (nSPS) is 15.4. The Kier molecular flexibility index (Phi) is 14.7. The number of sulfonamides is 1. The molecule has 0 aliphatic heterocycles. The molecule has 9 heteroatoms. The summed E-state index contributed by atoms with van der Waals surface area (Å²) in [5.74, 6) is -1.14. The minimum absolute atomic E-state index is 0.0317. The molecule has 7 nitrogen and oxygen atoms in total. The topological polar surface area (TPSA) is 116 Å². The number of ether oxygens (including phenoxy) is 1. The summed E-state index contributed by atoms with van der Waals surface area (Å²) in [7, 11) is -2.71. The van der Waals surface area contributed by atoms with E-state index in [9.17, 15) is 18.0 Å². The number of ketones is 1. The summed E-state index contributed by atoms with van der Waals surface area (Å²) in [6.07, 6.45) is 10.1. The predicted molar refractivity (Wildman–Crippen MR) is 161 cm³/mol. The van der Waals surface area contributed by atoms with Crippen molar-refractivity contribution in [2.45, 2.75) is 128 Å². The monoisotopic (exact) mass is 586 g/mol. The van der Waals surface area contributed by atoms with E-state index in [1.54, 1.807) is 19.2 Å². The van der Waals surface area contributed by atoms with Crippen LogP contribution < -0.4 is 10.5 Å². The summed E-state index contributed by atoms with van der Waals surface area (Å²) in [4.78, 5) is 24.3. The third kappa shape index (κ3) is 11.1. The number of primary sulfonamides is 1. The Hall–Kier alpha value is -1.48. The third-order valence-electron chi connectivity index (χ3n) is 7.33. The minimum Gasteiger partial charge on any atom is -0.382 e. The highest BCUT2D eigenvalue weighted by Gasteiger charge is 2.47. The summed E-state index contributed by atoms with van der Waals surface area (Å²) in [5.41, 5.74) is -0.404. The Morgan fingerprint density at radius 3 is 2.08 bits per heavy atom. The Labute approximate surface area is 242 Å². The molecule has 1 amide bonds. The van der Waals surface area contributed by atoms with Gasteiger partial charge in [0, 0.05) is 25.4 Å². The number of hydrogen-bond donors (Lipinski definition) is 2. The smallest absolute Gasteiger partial charge is 0.240 e. The van der Waals surface area contributed by atoms with Gasteiger partial charge in [-0.15, -0.1) is 11.6 Å².